The van der Waals surface area contributed by atoms with Gasteiger partial charge in [-0.15, -0.1) is 12.4 Å². The molecule has 194 valence electrons. The maximum atomic E-state index is 13.1. The van der Waals surface area contributed by atoms with E-state index >= 15 is 0 Å². The minimum absolute atomic E-state index is 0. The smallest absolute Gasteiger partial charge is 0.415 e. The molecule has 0 fully saturated rings. The van der Waals surface area contributed by atoms with Crippen LogP contribution in [-0.4, -0.2) is 29.2 Å². The standard InChI is InChI=1S/C29H43NO3.ClH.Ti/c1-13-30(14-2)27(32)33-26-22(29(10,11)12)16-18(4)20(6)24(26)23-19(5)17(3)15-21(25(23)31)28(7,8)9;;/h15-16,31H,13-14H2,1-12H3;1H;. The largest absolute Gasteiger partial charge is 0.507 e. The molecule has 0 aliphatic rings. The average molecular weight is 538 g/mol. The van der Waals surface area contributed by atoms with Crippen molar-refractivity contribution >= 4 is 18.5 Å². The van der Waals surface area contributed by atoms with Gasteiger partial charge in [0.25, 0.3) is 0 Å². The second kappa shape index (κ2) is 12.2. The summed E-state index contributed by atoms with van der Waals surface area (Å²) in [5.41, 5.74) is 7.13. The molecule has 1 amide bonds. The van der Waals surface area contributed by atoms with Crippen LogP contribution in [0.25, 0.3) is 11.1 Å². The third-order valence-electron chi connectivity index (χ3n) is 6.70. The minimum atomic E-state index is -0.365. The molecule has 0 aliphatic heterocycles. The Balaban J connectivity index is 0.00000578. The maximum absolute atomic E-state index is 13.1. The first-order chi connectivity index (χ1) is 15.1. The minimum Gasteiger partial charge on any atom is -0.507 e. The summed E-state index contributed by atoms with van der Waals surface area (Å²) in [5, 5.41) is 11.6. The predicted octanol–water partition coefficient (Wildman–Crippen LogP) is 8.15. The third kappa shape index (κ3) is 6.84. The number of benzene rings is 2. The van der Waals surface area contributed by atoms with Crippen LogP contribution in [-0.2, 0) is 32.5 Å². The van der Waals surface area contributed by atoms with Gasteiger partial charge < -0.3 is 14.7 Å². The van der Waals surface area contributed by atoms with E-state index in [0.717, 1.165) is 44.5 Å². The molecular formula is C29H44ClNO3Ti. The van der Waals surface area contributed by atoms with E-state index in [4.69, 9.17) is 4.74 Å². The number of aromatic hydroxyl groups is 1. The Kier molecular flexibility index (Phi) is 11.7. The van der Waals surface area contributed by atoms with Crippen molar-refractivity contribution < 1.29 is 36.4 Å². The normalized spacial score (nSPS) is 11.4. The predicted molar refractivity (Wildman–Crippen MR) is 146 cm³/mol. The van der Waals surface area contributed by atoms with Crippen molar-refractivity contribution in [2.75, 3.05) is 13.1 Å². The van der Waals surface area contributed by atoms with Crippen LogP contribution in [0.1, 0.15) is 88.8 Å². The van der Waals surface area contributed by atoms with Gasteiger partial charge in [0.2, 0.25) is 0 Å². The van der Waals surface area contributed by atoms with E-state index in [1.54, 1.807) is 4.90 Å². The molecule has 2 aromatic carbocycles. The zero-order valence-corrected chi connectivity index (χ0v) is 26.1. The summed E-state index contributed by atoms with van der Waals surface area (Å²) >= 11 is 0. The Bertz CT molecular complexity index is 1060. The van der Waals surface area contributed by atoms with Crippen LogP contribution in [0.2, 0.25) is 0 Å². The zero-order valence-electron chi connectivity index (χ0n) is 23.7. The molecule has 2 rings (SSSR count). The van der Waals surface area contributed by atoms with E-state index in [2.05, 4.69) is 67.5 Å². The Labute approximate surface area is 234 Å². The first-order valence-corrected chi connectivity index (χ1v) is 12.0. The number of phenols is 1. The van der Waals surface area contributed by atoms with Crippen molar-refractivity contribution in [2.24, 2.45) is 0 Å². The molecule has 1 N–H and O–H groups in total. The number of aryl methyl sites for hydroxylation is 2. The molecule has 0 atom stereocenters. The first kappa shape index (κ1) is 33.5. The second-order valence-electron chi connectivity index (χ2n) is 11.2. The summed E-state index contributed by atoms with van der Waals surface area (Å²) < 4.78 is 6.19. The number of phenolic OH excluding ortho intramolecular Hbond substituents is 1. The van der Waals surface area contributed by atoms with E-state index in [1.165, 1.54) is 0 Å². The average Bonchev–Trinajstić information content (AvgIpc) is 2.68. The van der Waals surface area contributed by atoms with Crippen LogP contribution in [0.5, 0.6) is 11.5 Å². The number of amides is 1. The second-order valence-corrected chi connectivity index (χ2v) is 11.2. The molecule has 0 bridgehead atoms. The topological polar surface area (TPSA) is 49.8 Å². The Morgan fingerprint density at radius 1 is 0.829 bits per heavy atom. The molecule has 0 unspecified atom stereocenters. The van der Waals surface area contributed by atoms with Crippen LogP contribution in [0, 0.1) is 27.7 Å². The van der Waals surface area contributed by atoms with Crippen molar-refractivity contribution in [3.8, 4) is 22.6 Å². The summed E-state index contributed by atoms with van der Waals surface area (Å²) in [6.45, 7) is 26.0. The summed E-state index contributed by atoms with van der Waals surface area (Å²) in [7, 11) is 0. The van der Waals surface area contributed by atoms with Crippen molar-refractivity contribution in [1.82, 2.24) is 4.90 Å². The molecular weight excluding hydrogens is 494 g/mol. The fourth-order valence-electron chi connectivity index (χ4n) is 4.27. The van der Waals surface area contributed by atoms with Gasteiger partial charge in [-0.2, -0.15) is 0 Å². The van der Waals surface area contributed by atoms with E-state index in [0.29, 0.717) is 18.8 Å². The monoisotopic (exact) mass is 537 g/mol. The molecule has 0 aromatic heterocycles. The van der Waals surface area contributed by atoms with Gasteiger partial charge in [0.1, 0.15) is 11.5 Å². The molecule has 0 radical (unpaired) electrons. The molecule has 0 spiro atoms. The SMILES string of the molecule is CCN(CC)C(=O)Oc1c(C(C)(C)C)cc(C)c(C)c1-c1c(C)c(C)cc(C(C)(C)C)c1O.Cl.[Ti]. The summed E-state index contributed by atoms with van der Waals surface area (Å²) in [4.78, 5) is 14.8. The quantitative estimate of drug-likeness (QED) is 0.400. The van der Waals surface area contributed by atoms with Crippen LogP contribution in [0.4, 0.5) is 4.79 Å². The number of hydrogen-bond donors (Lipinski definition) is 1. The zero-order chi connectivity index (χ0) is 25.5. The number of halogens is 1. The number of ether oxygens (including phenoxy) is 1. The Morgan fingerprint density at radius 3 is 1.63 bits per heavy atom. The summed E-state index contributed by atoms with van der Waals surface area (Å²) in [5.74, 6) is 0.811. The van der Waals surface area contributed by atoms with Gasteiger partial charge in [0, 0.05) is 57.1 Å². The van der Waals surface area contributed by atoms with Crippen LogP contribution in [0.3, 0.4) is 0 Å². The van der Waals surface area contributed by atoms with E-state index in [-0.39, 0.29) is 56.8 Å². The molecule has 0 heterocycles. The van der Waals surface area contributed by atoms with Crippen LogP contribution >= 0.6 is 12.4 Å². The number of rotatable bonds is 4. The first-order valence-electron chi connectivity index (χ1n) is 12.0. The Hall–Kier alpha value is -1.49. The van der Waals surface area contributed by atoms with Crippen LogP contribution in [0.15, 0.2) is 12.1 Å². The van der Waals surface area contributed by atoms with Crippen molar-refractivity contribution in [2.45, 2.75) is 93.9 Å². The van der Waals surface area contributed by atoms with Gasteiger partial charge in [-0.1, -0.05) is 53.7 Å². The maximum Gasteiger partial charge on any atom is 0.415 e. The summed E-state index contributed by atoms with van der Waals surface area (Å²) in [6, 6.07) is 4.20. The third-order valence-corrected chi connectivity index (χ3v) is 6.70. The van der Waals surface area contributed by atoms with Crippen molar-refractivity contribution in [3.63, 3.8) is 0 Å². The number of nitrogens with zero attached hydrogens (tertiary/aromatic N) is 1. The van der Waals surface area contributed by atoms with Gasteiger partial charge >= 0.3 is 6.09 Å². The molecule has 2 aromatic rings. The molecule has 6 heteroatoms. The molecule has 4 nitrogen and oxygen atoms in total. The van der Waals surface area contributed by atoms with Crippen molar-refractivity contribution in [3.05, 3.63) is 45.5 Å². The number of hydrogen-bond acceptors (Lipinski definition) is 3. The van der Waals surface area contributed by atoms with Gasteiger partial charge in [-0.25, -0.2) is 4.79 Å². The fraction of sp³-hybridized carbons (Fsp3) is 0.552. The van der Waals surface area contributed by atoms with Gasteiger partial charge in [0.15, 0.2) is 0 Å². The number of carbonyl (C=O) groups excluding carboxylic acids is 1. The van der Waals surface area contributed by atoms with E-state index in [9.17, 15) is 9.90 Å². The Morgan fingerprint density at radius 2 is 1.23 bits per heavy atom. The molecule has 0 aliphatic carbocycles. The fourth-order valence-corrected chi connectivity index (χ4v) is 4.27. The molecule has 0 saturated carbocycles. The van der Waals surface area contributed by atoms with E-state index < -0.39 is 0 Å². The van der Waals surface area contributed by atoms with Gasteiger partial charge in [-0.05, 0) is 74.6 Å². The van der Waals surface area contributed by atoms with E-state index in [1.807, 2.05) is 27.7 Å². The van der Waals surface area contributed by atoms with Crippen molar-refractivity contribution in [1.29, 1.82) is 0 Å². The van der Waals surface area contributed by atoms with Gasteiger partial charge in [-0.3, -0.25) is 0 Å². The van der Waals surface area contributed by atoms with Crippen LogP contribution < -0.4 is 4.74 Å². The van der Waals surface area contributed by atoms with Gasteiger partial charge in [0.05, 0.1) is 0 Å². The summed E-state index contributed by atoms with van der Waals surface area (Å²) in [6.07, 6.45) is -0.365. The number of carbonyl (C=O) groups is 1. The molecule has 0 saturated heterocycles. The molecule has 35 heavy (non-hydrogen) atoms.